The number of ketones is 1. The first kappa shape index (κ1) is 10.1. The van der Waals surface area contributed by atoms with Gasteiger partial charge >= 0.3 is 0 Å². The van der Waals surface area contributed by atoms with E-state index in [1.807, 2.05) is 49.4 Å². The summed E-state index contributed by atoms with van der Waals surface area (Å²) in [6.45, 7) is 1.95. The number of benzene rings is 1. The molecule has 2 heteroatoms. The van der Waals surface area contributed by atoms with E-state index in [4.69, 9.17) is 4.74 Å². The van der Waals surface area contributed by atoms with E-state index in [1.54, 1.807) is 12.2 Å². The molecular weight excluding hydrogens is 212 g/mol. The van der Waals surface area contributed by atoms with Crippen LogP contribution in [0.15, 0.2) is 54.6 Å². The molecule has 2 nitrogen and oxygen atoms in total. The maximum absolute atomic E-state index is 11.2. The third-order valence-electron chi connectivity index (χ3n) is 3.14. The first-order valence-corrected chi connectivity index (χ1v) is 5.63. The van der Waals surface area contributed by atoms with Gasteiger partial charge in [-0.1, -0.05) is 24.3 Å². The average molecular weight is 224 g/mol. The molecular formula is C15H12O2. The molecule has 0 aromatic heterocycles. The molecule has 0 bridgehead atoms. The second-order valence-corrected chi connectivity index (χ2v) is 4.16. The van der Waals surface area contributed by atoms with Gasteiger partial charge in [-0.25, -0.2) is 0 Å². The van der Waals surface area contributed by atoms with Gasteiger partial charge in [0.05, 0.1) is 0 Å². The van der Waals surface area contributed by atoms with Crippen LogP contribution in [0.5, 0.6) is 0 Å². The normalized spacial score (nSPS) is 21.9. The van der Waals surface area contributed by atoms with Crippen molar-refractivity contribution in [3.05, 3.63) is 65.8 Å². The van der Waals surface area contributed by atoms with Crippen molar-refractivity contribution in [3.63, 3.8) is 0 Å². The molecule has 84 valence electrons. The second kappa shape index (κ2) is 3.45. The van der Waals surface area contributed by atoms with Gasteiger partial charge < -0.3 is 4.74 Å². The van der Waals surface area contributed by atoms with E-state index in [1.165, 1.54) is 0 Å². The van der Waals surface area contributed by atoms with Gasteiger partial charge in [-0.15, -0.1) is 0 Å². The van der Waals surface area contributed by atoms with Crippen LogP contribution in [0.25, 0.3) is 5.76 Å². The van der Waals surface area contributed by atoms with E-state index in [0.29, 0.717) is 0 Å². The summed E-state index contributed by atoms with van der Waals surface area (Å²) in [4.78, 5) is 11.2. The van der Waals surface area contributed by atoms with Crippen LogP contribution in [-0.2, 0) is 15.1 Å². The number of rotatable bonds is 0. The van der Waals surface area contributed by atoms with Gasteiger partial charge in [-0.3, -0.25) is 4.79 Å². The number of allylic oxidation sites excluding steroid dienone is 3. The van der Waals surface area contributed by atoms with E-state index in [2.05, 4.69) is 0 Å². The lowest BCUT2D eigenvalue weighted by Crippen LogP contribution is -2.22. The second-order valence-electron chi connectivity index (χ2n) is 4.16. The van der Waals surface area contributed by atoms with Crippen LogP contribution in [0.1, 0.15) is 18.1 Å². The van der Waals surface area contributed by atoms with Crippen molar-refractivity contribution in [1.82, 2.24) is 0 Å². The predicted octanol–water partition coefficient (Wildman–Crippen LogP) is 2.97. The molecule has 17 heavy (non-hydrogen) atoms. The van der Waals surface area contributed by atoms with Crippen molar-refractivity contribution in [2.24, 2.45) is 0 Å². The smallest absolute Gasteiger partial charge is 0.178 e. The van der Waals surface area contributed by atoms with Gasteiger partial charge in [0, 0.05) is 11.1 Å². The molecule has 0 saturated carbocycles. The Hall–Kier alpha value is -2.09. The van der Waals surface area contributed by atoms with Crippen LogP contribution in [0.3, 0.4) is 0 Å². The van der Waals surface area contributed by atoms with Crippen LogP contribution in [0.2, 0.25) is 0 Å². The highest BCUT2D eigenvalue weighted by Crippen LogP contribution is 2.45. The van der Waals surface area contributed by atoms with E-state index in [-0.39, 0.29) is 5.78 Å². The minimum atomic E-state index is -0.591. The number of carbonyl (C=O) groups excluding carboxylic acids is 1. The molecule has 0 unspecified atom stereocenters. The minimum Gasteiger partial charge on any atom is -0.474 e. The summed E-state index contributed by atoms with van der Waals surface area (Å²) in [6.07, 6.45) is 8.73. The van der Waals surface area contributed by atoms with Crippen LogP contribution in [-0.4, -0.2) is 5.78 Å². The summed E-state index contributed by atoms with van der Waals surface area (Å²) >= 11 is 0. The summed E-state index contributed by atoms with van der Waals surface area (Å²) in [7, 11) is 0. The Kier molecular flexibility index (Phi) is 2.05. The van der Waals surface area contributed by atoms with E-state index in [9.17, 15) is 4.79 Å². The third-order valence-corrected chi connectivity index (χ3v) is 3.14. The molecule has 0 fully saturated rings. The van der Waals surface area contributed by atoms with Crippen molar-refractivity contribution < 1.29 is 9.53 Å². The molecule has 0 radical (unpaired) electrons. The molecule has 0 atom stereocenters. The van der Waals surface area contributed by atoms with Gasteiger partial charge in [0.25, 0.3) is 0 Å². The van der Waals surface area contributed by atoms with Crippen LogP contribution in [0.4, 0.5) is 0 Å². The molecule has 1 aromatic carbocycles. The van der Waals surface area contributed by atoms with Gasteiger partial charge in [0.2, 0.25) is 0 Å². The fourth-order valence-corrected chi connectivity index (χ4v) is 2.32. The minimum absolute atomic E-state index is 0.00522. The fourth-order valence-electron chi connectivity index (χ4n) is 2.32. The Bertz CT molecular complexity index is 560. The zero-order chi connectivity index (χ0) is 11.9. The lowest BCUT2D eigenvalue weighted by Gasteiger charge is -2.24. The van der Waals surface area contributed by atoms with Gasteiger partial charge in [0.1, 0.15) is 5.76 Å². The Morgan fingerprint density at radius 1 is 1.18 bits per heavy atom. The number of carbonyl (C=O) groups is 1. The maximum Gasteiger partial charge on any atom is 0.178 e. The average Bonchev–Trinajstić information content (AvgIpc) is 2.68. The van der Waals surface area contributed by atoms with Crippen LogP contribution >= 0.6 is 0 Å². The topological polar surface area (TPSA) is 26.3 Å². The molecule has 1 aromatic rings. The van der Waals surface area contributed by atoms with Crippen LogP contribution < -0.4 is 0 Å². The van der Waals surface area contributed by atoms with E-state index >= 15 is 0 Å². The van der Waals surface area contributed by atoms with Crippen molar-refractivity contribution >= 4 is 11.5 Å². The molecule has 1 aliphatic heterocycles. The SMILES string of the molecule is C/C=C1\OC2(C=CC(=O)C=C2)c2ccccc21. The largest absolute Gasteiger partial charge is 0.474 e. The van der Waals surface area contributed by atoms with Gasteiger partial charge in [-0.2, -0.15) is 0 Å². The molecule has 1 heterocycles. The Morgan fingerprint density at radius 3 is 2.59 bits per heavy atom. The van der Waals surface area contributed by atoms with Gasteiger partial charge in [0.15, 0.2) is 11.4 Å². The molecule has 1 spiro atoms. The highest BCUT2D eigenvalue weighted by Gasteiger charge is 2.40. The first-order chi connectivity index (χ1) is 8.25. The van der Waals surface area contributed by atoms with Gasteiger partial charge in [-0.05, 0) is 37.3 Å². The molecule has 3 rings (SSSR count). The molecule has 0 N–H and O–H groups in total. The molecule has 1 aliphatic carbocycles. The Balaban J connectivity index is 2.21. The fraction of sp³-hybridized carbons (Fsp3) is 0.133. The Morgan fingerprint density at radius 2 is 1.88 bits per heavy atom. The quantitative estimate of drug-likeness (QED) is 0.677. The number of hydrogen-bond donors (Lipinski definition) is 0. The number of hydrogen-bond acceptors (Lipinski definition) is 2. The lowest BCUT2D eigenvalue weighted by molar-refractivity contribution is -0.110. The number of ether oxygens (including phenoxy) is 1. The summed E-state index contributed by atoms with van der Waals surface area (Å²) < 4.78 is 5.99. The highest BCUT2D eigenvalue weighted by atomic mass is 16.5. The van der Waals surface area contributed by atoms with Crippen molar-refractivity contribution in [3.8, 4) is 0 Å². The zero-order valence-electron chi connectivity index (χ0n) is 9.51. The maximum atomic E-state index is 11.2. The Labute approximate surface area is 99.9 Å². The van der Waals surface area contributed by atoms with Crippen molar-refractivity contribution in [2.75, 3.05) is 0 Å². The molecule has 0 amide bonds. The van der Waals surface area contributed by atoms with Crippen molar-refractivity contribution in [1.29, 1.82) is 0 Å². The van der Waals surface area contributed by atoms with E-state index in [0.717, 1.165) is 16.9 Å². The molecule has 0 saturated heterocycles. The summed E-state index contributed by atoms with van der Waals surface area (Å²) in [5.41, 5.74) is 1.60. The van der Waals surface area contributed by atoms with Crippen LogP contribution in [0, 0.1) is 0 Å². The summed E-state index contributed by atoms with van der Waals surface area (Å²) in [5.74, 6) is 0.870. The summed E-state index contributed by atoms with van der Waals surface area (Å²) in [5, 5.41) is 0. The number of fused-ring (bicyclic) bond motifs is 2. The van der Waals surface area contributed by atoms with E-state index < -0.39 is 5.60 Å². The summed E-state index contributed by atoms with van der Waals surface area (Å²) in [6, 6.07) is 8.06. The lowest BCUT2D eigenvalue weighted by atomic mass is 9.88. The predicted molar refractivity (Wildman–Crippen MR) is 66.1 cm³/mol. The standard InChI is InChI=1S/C15H12O2/c1-2-14-12-5-3-4-6-13(12)15(17-14)9-7-11(16)8-10-15/h2-10H,1H3/b14-2-. The third kappa shape index (κ3) is 1.37. The first-order valence-electron chi connectivity index (χ1n) is 5.63. The molecule has 2 aliphatic rings. The monoisotopic (exact) mass is 224 g/mol. The van der Waals surface area contributed by atoms with Crippen molar-refractivity contribution in [2.45, 2.75) is 12.5 Å². The zero-order valence-corrected chi connectivity index (χ0v) is 9.51. The highest BCUT2D eigenvalue weighted by molar-refractivity contribution is 6.01.